The van der Waals surface area contributed by atoms with Gasteiger partial charge in [0.1, 0.15) is 17.2 Å². The summed E-state index contributed by atoms with van der Waals surface area (Å²) < 4.78 is 14.9. The van der Waals surface area contributed by atoms with Crippen molar-refractivity contribution in [2.75, 3.05) is 0 Å². The molecule has 0 aliphatic carbocycles. The molecule has 0 unspecified atom stereocenters. The summed E-state index contributed by atoms with van der Waals surface area (Å²) in [6.45, 7) is 0. The van der Waals surface area contributed by atoms with Crippen LogP contribution in [0.25, 0.3) is 5.69 Å². The summed E-state index contributed by atoms with van der Waals surface area (Å²) in [6, 6.07) is 4.99. The van der Waals surface area contributed by atoms with Gasteiger partial charge in [-0.05, 0) is 18.2 Å². The molecular weight excluding hydrogens is 295 g/mol. The minimum atomic E-state index is -1.28. The molecule has 0 atom stereocenters. The Balaban J connectivity index is 2.60. The van der Waals surface area contributed by atoms with Crippen molar-refractivity contribution in [2.45, 2.75) is 0 Å². The van der Waals surface area contributed by atoms with Crippen molar-refractivity contribution < 1.29 is 14.3 Å². The van der Waals surface area contributed by atoms with Crippen LogP contribution in [-0.4, -0.2) is 20.9 Å². The molecule has 17 heavy (non-hydrogen) atoms. The van der Waals surface area contributed by atoms with Crippen molar-refractivity contribution in [2.24, 2.45) is 0 Å². The zero-order chi connectivity index (χ0) is 12.6. The first kappa shape index (κ1) is 11.6. The first-order valence-corrected chi connectivity index (χ1v) is 5.29. The number of carbonyl (C=O) groups is 1. The van der Waals surface area contributed by atoms with E-state index in [2.05, 4.69) is 21.0 Å². The number of aromatic amines is 1. The van der Waals surface area contributed by atoms with E-state index < -0.39 is 17.3 Å². The molecular formula is C10H6BrFN2O3. The van der Waals surface area contributed by atoms with Gasteiger partial charge in [0.05, 0.1) is 0 Å². The number of hydrogen-bond acceptors (Lipinski definition) is 2. The molecule has 1 heterocycles. The third-order valence-electron chi connectivity index (χ3n) is 2.10. The third kappa shape index (κ3) is 2.14. The SMILES string of the molecule is O=C(O)c1cc(=O)n(-c2ccc(Br)cc2F)[nH]1. The highest BCUT2D eigenvalue weighted by Gasteiger charge is 2.13. The van der Waals surface area contributed by atoms with E-state index >= 15 is 0 Å². The van der Waals surface area contributed by atoms with Crippen LogP contribution in [0.3, 0.4) is 0 Å². The number of carboxylic acid groups (broad SMARTS) is 1. The van der Waals surface area contributed by atoms with Crippen molar-refractivity contribution in [3.63, 3.8) is 0 Å². The van der Waals surface area contributed by atoms with Gasteiger partial charge in [-0.1, -0.05) is 15.9 Å². The number of nitrogens with zero attached hydrogens (tertiary/aromatic N) is 1. The van der Waals surface area contributed by atoms with Gasteiger partial charge < -0.3 is 5.11 Å². The average molecular weight is 301 g/mol. The van der Waals surface area contributed by atoms with E-state index in [4.69, 9.17) is 5.11 Å². The van der Waals surface area contributed by atoms with E-state index in [0.717, 1.165) is 10.7 Å². The van der Waals surface area contributed by atoms with Gasteiger partial charge in [-0.3, -0.25) is 9.89 Å². The Morgan fingerprint density at radius 1 is 1.41 bits per heavy atom. The Labute approximate surface area is 103 Å². The number of aromatic carboxylic acids is 1. The van der Waals surface area contributed by atoms with E-state index in [0.29, 0.717) is 4.47 Å². The lowest BCUT2D eigenvalue weighted by Gasteiger charge is -2.03. The van der Waals surface area contributed by atoms with Crippen molar-refractivity contribution in [1.82, 2.24) is 9.78 Å². The van der Waals surface area contributed by atoms with Crippen LogP contribution >= 0.6 is 15.9 Å². The van der Waals surface area contributed by atoms with Gasteiger partial charge in [0.15, 0.2) is 0 Å². The molecule has 0 aliphatic rings. The molecule has 2 rings (SSSR count). The second-order valence-electron chi connectivity index (χ2n) is 3.24. The van der Waals surface area contributed by atoms with E-state index in [1.807, 2.05) is 0 Å². The molecule has 0 saturated carbocycles. The topological polar surface area (TPSA) is 75.1 Å². The zero-order valence-corrected chi connectivity index (χ0v) is 9.86. The van der Waals surface area contributed by atoms with Gasteiger partial charge in [-0.25, -0.2) is 13.9 Å². The molecule has 2 aromatic rings. The highest BCUT2D eigenvalue weighted by molar-refractivity contribution is 9.10. The van der Waals surface area contributed by atoms with Crippen LogP contribution < -0.4 is 5.56 Å². The molecule has 0 radical (unpaired) electrons. The summed E-state index contributed by atoms with van der Waals surface area (Å²) in [6.07, 6.45) is 0. The summed E-state index contributed by atoms with van der Waals surface area (Å²) >= 11 is 3.08. The molecule has 2 N–H and O–H groups in total. The Hall–Kier alpha value is -1.89. The van der Waals surface area contributed by atoms with Crippen molar-refractivity contribution >= 4 is 21.9 Å². The summed E-state index contributed by atoms with van der Waals surface area (Å²) in [5.41, 5.74) is -0.966. The summed E-state index contributed by atoms with van der Waals surface area (Å²) in [5.74, 6) is -1.92. The normalized spacial score (nSPS) is 10.5. The molecule has 0 amide bonds. The van der Waals surface area contributed by atoms with Gasteiger partial charge in [0, 0.05) is 10.5 Å². The number of nitrogens with one attached hydrogen (secondary N) is 1. The Bertz CT molecular complexity index is 647. The lowest BCUT2D eigenvalue weighted by molar-refractivity contribution is 0.0690. The number of hydrogen-bond donors (Lipinski definition) is 2. The molecule has 0 bridgehead atoms. The van der Waals surface area contributed by atoms with Gasteiger partial charge in [-0.2, -0.15) is 0 Å². The number of H-pyrrole nitrogens is 1. The van der Waals surface area contributed by atoms with Crippen LogP contribution in [0.1, 0.15) is 10.5 Å². The molecule has 0 aliphatic heterocycles. The summed E-state index contributed by atoms with van der Waals surface area (Å²) in [7, 11) is 0. The number of carboxylic acids is 1. The Kier molecular flexibility index (Phi) is 2.84. The predicted molar refractivity (Wildman–Crippen MR) is 61.0 cm³/mol. The number of aromatic nitrogens is 2. The van der Waals surface area contributed by atoms with Gasteiger partial charge in [-0.15, -0.1) is 0 Å². The van der Waals surface area contributed by atoms with Crippen molar-refractivity contribution in [3.05, 3.63) is 50.6 Å². The standard InChI is InChI=1S/C10H6BrFN2O3/c11-5-1-2-8(6(12)3-5)14-9(15)4-7(13-14)10(16)17/h1-4,13H,(H,16,17). The lowest BCUT2D eigenvalue weighted by Crippen LogP contribution is -2.14. The largest absolute Gasteiger partial charge is 0.477 e. The summed E-state index contributed by atoms with van der Waals surface area (Å²) in [4.78, 5) is 22.1. The quantitative estimate of drug-likeness (QED) is 0.887. The maximum absolute atomic E-state index is 13.6. The molecule has 1 aromatic carbocycles. The van der Waals surface area contributed by atoms with Crippen molar-refractivity contribution in [3.8, 4) is 5.69 Å². The van der Waals surface area contributed by atoms with E-state index in [1.54, 1.807) is 6.07 Å². The van der Waals surface area contributed by atoms with Crippen LogP contribution in [0.5, 0.6) is 0 Å². The minimum Gasteiger partial charge on any atom is -0.477 e. The van der Waals surface area contributed by atoms with Crippen LogP contribution in [-0.2, 0) is 0 Å². The maximum atomic E-state index is 13.6. The number of rotatable bonds is 2. The fraction of sp³-hybridized carbons (Fsp3) is 0. The smallest absolute Gasteiger partial charge is 0.353 e. The highest BCUT2D eigenvalue weighted by Crippen LogP contribution is 2.17. The van der Waals surface area contributed by atoms with Gasteiger partial charge in [0.25, 0.3) is 5.56 Å². The van der Waals surface area contributed by atoms with E-state index in [9.17, 15) is 14.0 Å². The maximum Gasteiger partial charge on any atom is 0.353 e. The van der Waals surface area contributed by atoms with E-state index in [-0.39, 0.29) is 11.4 Å². The molecule has 7 heteroatoms. The molecule has 1 aromatic heterocycles. The second kappa shape index (κ2) is 4.17. The number of halogens is 2. The molecule has 0 spiro atoms. The first-order chi connectivity index (χ1) is 7.99. The van der Waals surface area contributed by atoms with Gasteiger partial charge in [0.2, 0.25) is 0 Å². The van der Waals surface area contributed by atoms with Crippen LogP contribution in [0.15, 0.2) is 33.5 Å². The number of benzene rings is 1. The zero-order valence-electron chi connectivity index (χ0n) is 8.28. The third-order valence-corrected chi connectivity index (χ3v) is 2.59. The lowest BCUT2D eigenvalue weighted by atomic mass is 10.3. The predicted octanol–water partition coefficient (Wildman–Crippen LogP) is 1.77. The fourth-order valence-electron chi connectivity index (χ4n) is 1.35. The Morgan fingerprint density at radius 3 is 2.65 bits per heavy atom. The van der Waals surface area contributed by atoms with Crippen LogP contribution in [0, 0.1) is 5.82 Å². The highest BCUT2D eigenvalue weighted by atomic mass is 79.9. The molecule has 88 valence electrons. The summed E-state index contributed by atoms with van der Waals surface area (Å²) in [5, 5.41) is 11.0. The molecule has 0 saturated heterocycles. The fourth-order valence-corrected chi connectivity index (χ4v) is 1.68. The minimum absolute atomic E-state index is 0.0364. The Morgan fingerprint density at radius 2 is 2.12 bits per heavy atom. The van der Waals surface area contributed by atoms with E-state index in [1.165, 1.54) is 12.1 Å². The molecule has 0 fully saturated rings. The second-order valence-corrected chi connectivity index (χ2v) is 4.16. The van der Waals surface area contributed by atoms with Gasteiger partial charge >= 0.3 is 5.97 Å². The average Bonchev–Trinajstić information content (AvgIpc) is 2.61. The molecule has 5 nitrogen and oxygen atoms in total. The van der Waals surface area contributed by atoms with Crippen LogP contribution in [0.2, 0.25) is 0 Å². The monoisotopic (exact) mass is 300 g/mol. The van der Waals surface area contributed by atoms with Crippen LogP contribution in [0.4, 0.5) is 4.39 Å². The first-order valence-electron chi connectivity index (χ1n) is 4.50. The van der Waals surface area contributed by atoms with Crippen molar-refractivity contribution in [1.29, 1.82) is 0 Å².